The maximum atomic E-state index is 13.2. The summed E-state index contributed by atoms with van der Waals surface area (Å²) in [6.07, 6.45) is 2.77. The van der Waals surface area contributed by atoms with Crippen molar-refractivity contribution in [1.82, 2.24) is 20.1 Å². The monoisotopic (exact) mass is 492 g/mol. The zero-order valence-electron chi connectivity index (χ0n) is 21.2. The number of aromatic nitrogens is 1. The standard InChI is InChI=1S/C28H36N4O4/c1-19-8-11-29-20(2)26(19)27(33)32-16-22-14-31(15-23(22)17-32)12-9-25(21-6-4-3-5-7-21)30-28(34)36-24-10-13-35-18-24/h3-8,11,22-25H,9-10,12-18H2,1-2H3,(H,30,34)/t22-,23?,24-,25?/m0/s1. The third-order valence-electron chi connectivity index (χ3n) is 7.80. The Morgan fingerprint density at radius 2 is 1.86 bits per heavy atom. The maximum absolute atomic E-state index is 13.2. The third-order valence-corrected chi connectivity index (χ3v) is 7.80. The number of rotatable bonds is 7. The van der Waals surface area contributed by atoms with Crippen LogP contribution in [0.5, 0.6) is 0 Å². The smallest absolute Gasteiger partial charge is 0.407 e. The van der Waals surface area contributed by atoms with Crippen LogP contribution in [0.15, 0.2) is 42.6 Å². The van der Waals surface area contributed by atoms with E-state index in [4.69, 9.17) is 9.47 Å². The Morgan fingerprint density at radius 1 is 1.11 bits per heavy atom. The van der Waals surface area contributed by atoms with Crippen molar-refractivity contribution in [3.63, 3.8) is 0 Å². The van der Waals surface area contributed by atoms with Gasteiger partial charge in [-0.25, -0.2) is 4.79 Å². The predicted molar refractivity (Wildman–Crippen MR) is 136 cm³/mol. The number of alkyl carbamates (subject to hydrolysis) is 1. The van der Waals surface area contributed by atoms with E-state index in [1.807, 2.05) is 55.1 Å². The summed E-state index contributed by atoms with van der Waals surface area (Å²) in [6, 6.07) is 11.9. The van der Waals surface area contributed by atoms with Crippen molar-refractivity contribution in [3.05, 3.63) is 65.0 Å². The summed E-state index contributed by atoms with van der Waals surface area (Å²) >= 11 is 0. The Kier molecular flexibility index (Phi) is 7.53. The Hall–Kier alpha value is -2.97. The van der Waals surface area contributed by atoms with Gasteiger partial charge in [-0.2, -0.15) is 0 Å². The van der Waals surface area contributed by atoms with E-state index in [1.165, 1.54) is 0 Å². The lowest BCUT2D eigenvalue weighted by molar-refractivity contribution is 0.0771. The van der Waals surface area contributed by atoms with Gasteiger partial charge in [-0.3, -0.25) is 9.78 Å². The van der Waals surface area contributed by atoms with Crippen LogP contribution in [0.3, 0.4) is 0 Å². The van der Waals surface area contributed by atoms with Crippen LogP contribution in [0.25, 0.3) is 0 Å². The van der Waals surface area contributed by atoms with Gasteiger partial charge in [0.15, 0.2) is 0 Å². The van der Waals surface area contributed by atoms with Crippen molar-refractivity contribution < 1.29 is 19.1 Å². The molecule has 1 N–H and O–H groups in total. The number of aryl methyl sites for hydroxylation is 2. The Bertz CT molecular complexity index is 1040. The molecule has 4 heterocycles. The summed E-state index contributed by atoms with van der Waals surface area (Å²) < 4.78 is 10.9. The van der Waals surface area contributed by atoms with Crippen LogP contribution in [0, 0.1) is 25.7 Å². The zero-order chi connectivity index (χ0) is 25.1. The molecule has 3 saturated heterocycles. The molecule has 4 atom stereocenters. The summed E-state index contributed by atoms with van der Waals surface area (Å²) in [4.78, 5) is 34.6. The molecule has 2 amide bonds. The van der Waals surface area contributed by atoms with Gasteiger partial charge in [-0.1, -0.05) is 30.3 Å². The van der Waals surface area contributed by atoms with E-state index in [1.54, 1.807) is 6.20 Å². The Morgan fingerprint density at radius 3 is 2.53 bits per heavy atom. The van der Waals surface area contributed by atoms with Crippen LogP contribution in [-0.2, 0) is 9.47 Å². The number of hydrogen-bond donors (Lipinski definition) is 1. The maximum Gasteiger partial charge on any atom is 0.407 e. The molecule has 0 spiro atoms. The molecule has 2 unspecified atom stereocenters. The van der Waals surface area contributed by atoms with Gasteiger partial charge in [0.05, 0.1) is 30.5 Å². The third kappa shape index (κ3) is 5.55. The van der Waals surface area contributed by atoms with Gasteiger partial charge in [0, 0.05) is 45.3 Å². The highest BCUT2D eigenvalue weighted by Gasteiger charge is 2.42. The topological polar surface area (TPSA) is 84.0 Å². The number of likely N-dealkylation sites (tertiary alicyclic amines) is 2. The van der Waals surface area contributed by atoms with Crippen LogP contribution < -0.4 is 5.32 Å². The van der Waals surface area contributed by atoms with E-state index >= 15 is 0 Å². The second-order valence-electron chi connectivity index (χ2n) is 10.4. The van der Waals surface area contributed by atoms with E-state index in [9.17, 15) is 9.59 Å². The molecule has 2 aromatic rings. The first-order valence-corrected chi connectivity index (χ1v) is 13.0. The Labute approximate surface area is 213 Å². The number of ether oxygens (including phenoxy) is 2. The molecule has 192 valence electrons. The fourth-order valence-electron chi connectivity index (χ4n) is 5.87. The summed E-state index contributed by atoms with van der Waals surface area (Å²) in [5.41, 5.74) is 3.62. The van der Waals surface area contributed by atoms with Crippen molar-refractivity contribution in [1.29, 1.82) is 0 Å². The highest BCUT2D eigenvalue weighted by Crippen LogP contribution is 2.33. The van der Waals surface area contributed by atoms with Gasteiger partial charge in [0.25, 0.3) is 5.91 Å². The van der Waals surface area contributed by atoms with E-state index in [0.29, 0.717) is 25.0 Å². The van der Waals surface area contributed by atoms with E-state index in [2.05, 4.69) is 15.2 Å². The number of carbonyl (C=O) groups excluding carboxylic acids is 2. The van der Waals surface area contributed by atoms with Gasteiger partial charge in [0.1, 0.15) is 6.10 Å². The lowest BCUT2D eigenvalue weighted by atomic mass is 10.0. The van der Waals surface area contributed by atoms with Gasteiger partial charge in [-0.15, -0.1) is 0 Å². The average molecular weight is 493 g/mol. The van der Waals surface area contributed by atoms with Gasteiger partial charge in [-0.05, 0) is 49.3 Å². The van der Waals surface area contributed by atoms with Gasteiger partial charge in [0.2, 0.25) is 0 Å². The molecule has 0 radical (unpaired) electrons. The molecule has 3 aliphatic rings. The lowest BCUT2D eigenvalue weighted by Gasteiger charge is -2.25. The average Bonchev–Trinajstić information content (AvgIpc) is 3.59. The largest absolute Gasteiger partial charge is 0.444 e. The molecule has 5 rings (SSSR count). The molecule has 1 aromatic heterocycles. The number of nitrogens with zero attached hydrogens (tertiary/aromatic N) is 3. The van der Waals surface area contributed by atoms with Gasteiger partial charge < -0.3 is 24.6 Å². The molecule has 36 heavy (non-hydrogen) atoms. The van der Waals surface area contributed by atoms with Crippen molar-refractivity contribution in [2.75, 3.05) is 45.9 Å². The fraction of sp³-hybridized carbons (Fsp3) is 0.536. The quantitative estimate of drug-likeness (QED) is 0.638. The highest BCUT2D eigenvalue weighted by molar-refractivity contribution is 5.96. The molecule has 3 aliphatic heterocycles. The molecule has 3 fully saturated rings. The molecule has 0 bridgehead atoms. The minimum atomic E-state index is -0.382. The van der Waals surface area contributed by atoms with Crippen LogP contribution in [0.4, 0.5) is 4.79 Å². The first-order valence-electron chi connectivity index (χ1n) is 13.0. The molecular formula is C28H36N4O4. The SMILES string of the molecule is Cc1ccnc(C)c1C(=O)N1CC2CN(CCC(NC(=O)O[C@H]3CCOC3)c3ccccc3)C[C@H]2C1. The first kappa shape index (κ1) is 24.7. The second-order valence-corrected chi connectivity index (χ2v) is 10.4. The molecule has 8 nitrogen and oxygen atoms in total. The van der Waals surface area contributed by atoms with Gasteiger partial charge >= 0.3 is 6.09 Å². The number of fused-ring (bicyclic) bond motifs is 1. The second kappa shape index (κ2) is 11.0. The molecular weight excluding hydrogens is 456 g/mol. The number of nitrogens with one attached hydrogen (secondary N) is 1. The van der Waals surface area contributed by atoms with E-state index < -0.39 is 0 Å². The van der Waals surface area contributed by atoms with E-state index in [-0.39, 0.29) is 24.1 Å². The molecule has 0 aliphatic carbocycles. The number of pyridine rings is 1. The minimum Gasteiger partial charge on any atom is -0.444 e. The number of benzene rings is 1. The fourth-order valence-corrected chi connectivity index (χ4v) is 5.87. The minimum absolute atomic E-state index is 0.110. The van der Waals surface area contributed by atoms with Crippen molar-refractivity contribution in [2.24, 2.45) is 11.8 Å². The number of carbonyl (C=O) groups is 2. The van der Waals surface area contributed by atoms with E-state index in [0.717, 1.165) is 67.9 Å². The van der Waals surface area contributed by atoms with Crippen LogP contribution >= 0.6 is 0 Å². The highest BCUT2D eigenvalue weighted by atomic mass is 16.6. The van der Waals surface area contributed by atoms with Crippen molar-refractivity contribution in [3.8, 4) is 0 Å². The Balaban J connectivity index is 1.15. The molecule has 0 saturated carbocycles. The lowest BCUT2D eigenvalue weighted by Crippen LogP contribution is -2.36. The predicted octanol–water partition coefficient (Wildman–Crippen LogP) is 3.35. The number of amides is 2. The summed E-state index contributed by atoms with van der Waals surface area (Å²) in [6.45, 7) is 9.43. The van der Waals surface area contributed by atoms with Crippen LogP contribution in [-0.4, -0.2) is 78.8 Å². The van der Waals surface area contributed by atoms with Crippen molar-refractivity contribution in [2.45, 2.75) is 38.8 Å². The summed E-state index contributed by atoms with van der Waals surface area (Å²) in [5, 5.41) is 3.08. The number of hydrogen-bond acceptors (Lipinski definition) is 6. The summed E-state index contributed by atoms with van der Waals surface area (Å²) in [5.74, 6) is 1.09. The first-order chi connectivity index (χ1) is 17.5. The van der Waals surface area contributed by atoms with Crippen molar-refractivity contribution >= 4 is 12.0 Å². The summed E-state index contributed by atoms with van der Waals surface area (Å²) in [7, 11) is 0. The van der Waals surface area contributed by atoms with Crippen LogP contribution in [0.1, 0.15) is 46.1 Å². The molecule has 8 heteroatoms. The normalized spacial score (nSPS) is 24.5. The zero-order valence-corrected chi connectivity index (χ0v) is 21.2. The molecule has 1 aromatic carbocycles. The van der Waals surface area contributed by atoms with Crippen LogP contribution in [0.2, 0.25) is 0 Å².